The van der Waals surface area contributed by atoms with Crippen LogP contribution in [0.5, 0.6) is 5.75 Å². The molecule has 4 rings (SSSR count). The van der Waals surface area contributed by atoms with Crippen molar-refractivity contribution in [2.75, 3.05) is 12.4 Å². The Hall–Kier alpha value is -3.04. The van der Waals surface area contributed by atoms with Gasteiger partial charge in [0.1, 0.15) is 5.75 Å². The number of anilines is 1. The maximum atomic E-state index is 12.7. The van der Waals surface area contributed by atoms with Gasteiger partial charge >= 0.3 is 0 Å². The van der Waals surface area contributed by atoms with E-state index in [-0.39, 0.29) is 5.91 Å². The highest BCUT2D eigenvalue weighted by atomic mass is 79.9. The number of ether oxygens (including phenoxy) is 1. The van der Waals surface area contributed by atoms with Crippen LogP contribution in [-0.4, -0.2) is 29.0 Å². The van der Waals surface area contributed by atoms with E-state index in [1.807, 2.05) is 67.9 Å². The number of nitrogens with one attached hydrogen (secondary N) is 2. The molecule has 2 aromatic carbocycles. The van der Waals surface area contributed by atoms with Gasteiger partial charge in [-0.25, -0.2) is 5.43 Å². The lowest BCUT2D eigenvalue weighted by atomic mass is 10.1. The number of amides is 1. The van der Waals surface area contributed by atoms with E-state index in [4.69, 9.17) is 4.74 Å². The van der Waals surface area contributed by atoms with Crippen molar-refractivity contribution in [3.8, 4) is 5.75 Å². The average Bonchev–Trinajstić information content (AvgIpc) is 3.05. The number of para-hydroxylation sites is 1. The maximum Gasteiger partial charge on any atom is 0.279 e. The summed E-state index contributed by atoms with van der Waals surface area (Å²) >= 11 is 5.00. The fraction of sp³-hybridized carbons (Fsp3) is 0.208. The summed E-state index contributed by atoms with van der Waals surface area (Å²) in [5, 5.41) is 12.0. The minimum absolute atomic E-state index is 0.253. The lowest BCUT2D eigenvalue weighted by Crippen LogP contribution is -2.22. The number of aryl methyl sites for hydroxylation is 1. The van der Waals surface area contributed by atoms with Crippen LogP contribution in [0.3, 0.4) is 0 Å². The summed E-state index contributed by atoms with van der Waals surface area (Å²) in [6.07, 6.45) is 1.63. The van der Waals surface area contributed by atoms with Crippen molar-refractivity contribution in [2.24, 2.45) is 5.10 Å². The number of rotatable bonds is 6. The predicted octanol–water partition coefficient (Wildman–Crippen LogP) is 5.22. The molecule has 1 aliphatic heterocycles. The Morgan fingerprint density at radius 3 is 2.79 bits per heavy atom. The third kappa shape index (κ3) is 4.99. The number of fused-ring (bicyclic) bond motifs is 1. The number of carbonyl (C=O) groups is 1. The van der Waals surface area contributed by atoms with E-state index in [0.717, 1.165) is 49.0 Å². The van der Waals surface area contributed by atoms with Crippen molar-refractivity contribution in [1.82, 2.24) is 15.2 Å². The van der Waals surface area contributed by atoms with Gasteiger partial charge in [-0.15, -0.1) is 0 Å². The first-order chi connectivity index (χ1) is 15.9. The van der Waals surface area contributed by atoms with E-state index >= 15 is 0 Å². The van der Waals surface area contributed by atoms with Gasteiger partial charge in [0.05, 0.1) is 46.3 Å². The van der Waals surface area contributed by atoms with E-state index < -0.39 is 0 Å². The lowest BCUT2D eigenvalue weighted by Gasteiger charge is -2.20. The Morgan fingerprint density at radius 1 is 1.27 bits per heavy atom. The first-order valence-electron chi connectivity index (χ1n) is 10.3. The van der Waals surface area contributed by atoms with E-state index in [1.165, 1.54) is 11.8 Å². The largest absolute Gasteiger partial charge is 0.496 e. The monoisotopic (exact) mass is 525 g/mol. The van der Waals surface area contributed by atoms with Crippen LogP contribution in [0.25, 0.3) is 0 Å². The van der Waals surface area contributed by atoms with E-state index in [9.17, 15) is 4.79 Å². The number of methoxy groups -OCH3 is 1. The second-order valence-electron chi connectivity index (χ2n) is 7.59. The zero-order valence-electron chi connectivity index (χ0n) is 18.8. The first kappa shape index (κ1) is 23.1. The number of halogens is 1. The molecule has 1 aliphatic rings. The summed E-state index contributed by atoms with van der Waals surface area (Å²) in [6.45, 7) is 6.43. The molecule has 9 heteroatoms. The summed E-state index contributed by atoms with van der Waals surface area (Å²) in [6, 6.07) is 13.7. The normalized spacial score (nSPS) is 13.1. The Kier molecular flexibility index (Phi) is 6.90. The molecular formula is C24H24BrN5O2S. The molecule has 0 saturated carbocycles. The minimum Gasteiger partial charge on any atom is -0.496 e. The molecule has 0 unspecified atom stereocenters. The Labute approximate surface area is 205 Å². The molecule has 0 spiro atoms. The van der Waals surface area contributed by atoms with Crippen LogP contribution in [0.2, 0.25) is 0 Å². The van der Waals surface area contributed by atoms with Gasteiger partial charge in [0, 0.05) is 16.2 Å². The van der Waals surface area contributed by atoms with Gasteiger partial charge in [-0.05, 0) is 72.6 Å². The molecular weight excluding hydrogens is 502 g/mol. The molecule has 33 heavy (non-hydrogen) atoms. The third-order valence-corrected chi connectivity index (χ3v) is 7.68. The van der Waals surface area contributed by atoms with Crippen molar-refractivity contribution in [3.63, 3.8) is 0 Å². The van der Waals surface area contributed by atoms with Gasteiger partial charge in [0.2, 0.25) is 0 Å². The second kappa shape index (κ2) is 9.84. The molecule has 1 amide bonds. The highest BCUT2D eigenvalue weighted by Gasteiger charge is 2.21. The lowest BCUT2D eigenvalue weighted by molar-refractivity contribution is -0.116. The molecule has 0 atom stereocenters. The van der Waals surface area contributed by atoms with Crippen molar-refractivity contribution in [3.05, 3.63) is 80.1 Å². The number of hydrogen-bond acceptors (Lipinski definition) is 6. The molecule has 0 fully saturated rings. The van der Waals surface area contributed by atoms with E-state index in [1.54, 1.807) is 13.3 Å². The molecule has 7 nitrogen and oxygen atoms in total. The summed E-state index contributed by atoms with van der Waals surface area (Å²) in [5.74, 6) is 0.515. The maximum absolute atomic E-state index is 12.7. The highest BCUT2D eigenvalue weighted by molar-refractivity contribution is 9.10. The van der Waals surface area contributed by atoms with Gasteiger partial charge < -0.3 is 10.1 Å². The molecule has 0 saturated heterocycles. The highest BCUT2D eigenvalue weighted by Crippen LogP contribution is 2.39. The van der Waals surface area contributed by atoms with Crippen molar-refractivity contribution in [2.45, 2.75) is 32.2 Å². The van der Waals surface area contributed by atoms with Gasteiger partial charge in [0.15, 0.2) is 0 Å². The van der Waals surface area contributed by atoms with E-state index in [0.29, 0.717) is 11.4 Å². The summed E-state index contributed by atoms with van der Waals surface area (Å²) in [7, 11) is 1.65. The Balaban J connectivity index is 1.48. The second-order valence-corrected chi connectivity index (χ2v) is 9.44. The fourth-order valence-electron chi connectivity index (χ4n) is 3.53. The number of benzene rings is 2. The van der Waals surface area contributed by atoms with Crippen LogP contribution in [0.15, 0.2) is 67.5 Å². The predicted molar refractivity (Wildman–Crippen MR) is 136 cm³/mol. The number of thioether (sulfide) groups is 1. The molecule has 0 bridgehead atoms. The number of nitrogens with zero attached hydrogens (tertiary/aromatic N) is 3. The molecule has 1 aromatic heterocycles. The average molecular weight is 526 g/mol. The van der Waals surface area contributed by atoms with Crippen LogP contribution in [0.1, 0.15) is 29.4 Å². The quantitative estimate of drug-likeness (QED) is 0.340. The molecule has 2 N–H and O–H groups in total. The standard InChI is InChI=1S/C24H24BrN5O2S/c1-14-22(25)16(3)30(29-14)13-18-11-17(9-10-20(18)32-4)12-26-28-24(31)23-15(2)27-19-7-5-6-8-21(19)33-23/h5-12,27H,13H2,1-4H3,(H,28,31)/b26-12+. The number of aromatic nitrogens is 2. The SMILES string of the molecule is COc1ccc(/C=N/NC(=O)C2=C(C)Nc3ccccc3S2)cc1Cn1nc(C)c(Br)c1C. The smallest absolute Gasteiger partial charge is 0.279 e. The van der Waals surface area contributed by atoms with Crippen LogP contribution in [0, 0.1) is 13.8 Å². The Bertz CT molecular complexity index is 1280. The molecule has 0 radical (unpaired) electrons. The number of hydrazone groups is 1. The summed E-state index contributed by atoms with van der Waals surface area (Å²) in [5.41, 5.74) is 8.23. The van der Waals surface area contributed by atoms with Crippen molar-refractivity contribution in [1.29, 1.82) is 0 Å². The molecule has 2 heterocycles. The van der Waals surface area contributed by atoms with Gasteiger partial charge in [-0.3, -0.25) is 9.48 Å². The number of hydrogen-bond donors (Lipinski definition) is 2. The van der Waals surface area contributed by atoms with Crippen LogP contribution in [0.4, 0.5) is 5.69 Å². The summed E-state index contributed by atoms with van der Waals surface area (Å²) < 4.78 is 8.46. The Morgan fingerprint density at radius 2 is 2.06 bits per heavy atom. The summed E-state index contributed by atoms with van der Waals surface area (Å²) in [4.78, 5) is 14.3. The number of allylic oxidation sites excluding steroid dienone is 1. The first-order valence-corrected chi connectivity index (χ1v) is 11.9. The van der Waals surface area contributed by atoms with Crippen LogP contribution in [-0.2, 0) is 11.3 Å². The fourth-order valence-corrected chi connectivity index (χ4v) is 4.75. The van der Waals surface area contributed by atoms with Gasteiger partial charge in [-0.2, -0.15) is 10.2 Å². The molecule has 170 valence electrons. The van der Waals surface area contributed by atoms with Gasteiger partial charge in [0.25, 0.3) is 5.91 Å². The topological polar surface area (TPSA) is 80.5 Å². The van der Waals surface area contributed by atoms with Crippen molar-refractivity contribution >= 4 is 45.5 Å². The number of carbonyl (C=O) groups excluding carboxylic acids is 1. The third-order valence-electron chi connectivity index (χ3n) is 5.27. The molecule has 3 aromatic rings. The molecule has 0 aliphatic carbocycles. The zero-order chi connectivity index (χ0) is 23.5. The van der Waals surface area contributed by atoms with Crippen LogP contribution >= 0.6 is 27.7 Å². The van der Waals surface area contributed by atoms with Gasteiger partial charge in [-0.1, -0.05) is 23.9 Å². The zero-order valence-corrected chi connectivity index (χ0v) is 21.2. The van der Waals surface area contributed by atoms with E-state index in [2.05, 4.69) is 36.9 Å². The minimum atomic E-state index is -0.253. The van der Waals surface area contributed by atoms with Crippen LogP contribution < -0.4 is 15.5 Å². The van der Waals surface area contributed by atoms with Crippen molar-refractivity contribution < 1.29 is 9.53 Å².